The van der Waals surface area contributed by atoms with Crippen molar-refractivity contribution in [1.82, 2.24) is 5.32 Å². The van der Waals surface area contributed by atoms with Crippen LogP contribution in [0.15, 0.2) is 46.9 Å². The largest absolute Gasteiger partial charge is 0.508 e. The van der Waals surface area contributed by atoms with Crippen molar-refractivity contribution in [2.45, 2.75) is 19.5 Å². The standard InChI is InChI=1S/C17H21BrN2O/c1-12(19-2)16-8-7-15(10-17(16)21)20(3)11-13-5-4-6-14(18)9-13/h4-10,12,19,21H,11H2,1-3H3. The Kier molecular flexibility index (Phi) is 5.26. The van der Waals surface area contributed by atoms with Crippen LogP contribution < -0.4 is 10.2 Å². The first kappa shape index (κ1) is 15.9. The van der Waals surface area contributed by atoms with E-state index in [2.05, 4.69) is 38.3 Å². The summed E-state index contributed by atoms with van der Waals surface area (Å²) in [6.07, 6.45) is 0. The maximum absolute atomic E-state index is 10.2. The Bertz CT molecular complexity index is 615. The number of rotatable bonds is 5. The second kappa shape index (κ2) is 6.96. The van der Waals surface area contributed by atoms with E-state index in [0.29, 0.717) is 5.75 Å². The van der Waals surface area contributed by atoms with Gasteiger partial charge in [-0.3, -0.25) is 0 Å². The van der Waals surface area contributed by atoms with Crippen LogP contribution in [0.2, 0.25) is 0 Å². The van der Waals surface area contributed by atoms with E-state index >= 15 is 0 Å². The number of benzene rings is 2. The summed E-state index contributed by atoms with van der Waals surface area (Å²) >= 11 is 3.49. The van der Waals surface area contributed by atoms with Gasteiger partial charge in [0, 0.05) is 41.4 Å². The molecule has 0 heterocycles. The Balaban J connectivity index is 2.16. The molecule has 0 amide bonds. The molecule has 0 aliphatic rings. The van der Waals surface area contributed by atoms with Gasteiger partial charge in [-0.2, -0.15) is 0 Å². The number of hydrogen-bond acceptors (Lipinski definition) is 3. The van der Waals surface area contributed by atoms with Crippen molar-refractivity contribution >= 4 is 21.6 Å². The van der Waals surface area contributed by atoms with Crippen molar-refractivity contribution in [1.29, 1.82) is 0 Å². The maximum atomic E-state index is 10.2. The first-order valence-corrected chi connectivity index (χ1v) is 7.76. The molecular formula is C17H21BrN2O. The van der Waals surface area contributed by atoms with Crippen LogP contribution in [-0.2, 0) is 6.54 Å². The number of anilines is 1. The third-order valence-electron chi connectivity index (χ3n) is 3.66. The van der Waals surface area contributed by atoms with Crippen LogP contribution in [0.5, 0.6) is 5.75 Å². The lowest BCUT2D eigenvalue weighted by atomic mass is 10.1. The number of phenols is 1. The molecule has 3 nitrogen and oxygen atoms in total. The molecule has 0 aliphatic carbocycles. The highest BCUT2D eigenvalue weighted by atomic mass is 79.9. The van der Waals surface area contributed by atoms with Crippen LogP contribution in [0.25, 0.3) is 0 Å². The molecule has 0 saturated carbocycles. The van der Waals surface area contributed by atoms with Crippen LogP contribution in [-0.4, -0.2) is 19.2 Å². The van der Waals surface area contributed by atoms with E-state index in [4.69, 9.17) is 0 Å². The summed E-state index contributed by atoms with van der Waals surface area (Å²) in [7, 11) is 3.91. The average molecular weight is 349 g/mol. The van der Waals surface area contributed by atoms with Gasteiger partial charge in [-0.05, 0) is 37.7 Å². The predicted octanol–water partition coefficient (Wildman–Crippen LogP) is 4.07. The molecule has 2 aromatic rings. The molecule has 0 saturated heterocycles. The molecule has 0 aliphatic heterocycles. The molecule has 0 fully saturated rings. The summed E-state index contributed by atoms with van der Waals surface area (Å²) in [6, 6.07) is 14.2. The van der Waals surface area contributed by atoms with Gasteiger partial charge in [0.15, 0.2) is 0 Å². The third-order valence-corrected chi connectivity index (χ3v) is 4.16. The average Bonchev–Trinajstić information content (AvgIpc) is 2.46. The van der Waals surface area contributed by atoms with Crippen LogP contribution in [0, 0.1) is 0 Å². The molecule has 0 spiro atoms. The Morgan fingerprint density at radius 3 is 2.62 bits per heavy atom. The van der Waals surface area contributed by atoms with Crippen LogP contribution in [0.4, 0.5) is 5.69 Å². The first-order valence-electron chi connectivity index (χ1n) is 6.97. The van der Waals surface area contributed by atoms with Gasteiger partial charge in [0.1, 0.15) is 5.75 Å². The van der Waals surface area contributed by atoms with Crippen molar-refractivity contribution in [3.05, 3.63) is 58.1 Å². The molecule has 1 atom stereocenters. The van der Waals surface area contributed by atoms with E-state index in [0.717, 1.165) is 22.3 Å². The number of nitrogens with zero attached hydrogens (tertiary/aromatic N) is 1. The molecule has 2 aromatic carbocycles. The monoisotopic (exact) mass is 348 g/mol. The molecule has 4 heteroatoms. The Labute approximate surface area is 134 Å². The highest BCUT2D eigenvalue weighted by molar-refractivity contribution is 9.10. The Morgan fingerprint density at radius 1 is 1.24 bits per heavy atom. The molecule has 0 bridgehead atoms. The van der Waals surface area contributed by atoms with Crippen molar-refractivity contribution < 1.29 is 5.11 Å². The number of aromatic hydroxyl groups is 1. The first-order chi connectivity index (χ1) is 10.0. The van der Waals surface area contributed by atoms with E-state index in [-0.39, 0.29) is 6.04 Å². The maximum Gasteiger partial charge on any atom is 0.122 e. The Hall–Kier alpha value is -1.52. The van der Waals surface area contributed by atoms with Crippen molar-refractivity contribution in [2.75, 3.05) is 19.0 Å². The molecule has 0 radical (unpaired) electrons. The van der Waals surface area contributed by atoms with E-state index < -0.39 is 0 Å². The molecule has 0 aromatic heterocycles. The van der Waals surface area contributed by atoms with Crippen molar-refractivity contribution in [3.63, 3.8) is 0 Å². The summed E-state index contributed by atoms with van der Waals surface area (Å²) in [5.74, 6) is 0.329. The summed E-state index contributed by atoms with van der Waals surface area (Å²) in [5, 5.41) is 13.3. The summed E-state index contributed by atoms with van der Waals surface area (Å²) in [5.41, 5.74) is 3.13. The Morgan fingerprint density at radius 2 is 2.00 bits per heavy atom. The van der Waals surface area contributed by atoms with E-state index in [1.807, 2.05) is 51.4 Å². The van der Waals surface area contributed by atoms with Gasteiger partial charge in [-0.1, -0.05) is 34.1 Å². The number of nitrogens with one attached hydrogen (secondary N) is 1. The van der Waals surface area contributed by atoms with Gasteiger partial charge in [-0.15, -0.1) is 0 Å². The smallest absolute Gasteiger partial charge is 0.122 e. The zero-order chi connectivity index (χ0) is 15.4. The van der Waals surface area contributed by atoms with Gasteiger partial charge >= 0.3 is 0 Å². The summed E-state index contributed by atoms with van der Waals surface area (Å²) < 4.78 is 1.08. The normalized spacial score (nSPS) is 12.2. The fraction of sp³-hybridized carbons (Fsp3) is 0.294. The topological polar surface area (TPSA) is 35.5 Å². The number of halogens is 1. The van der Waals surface area contributed by atoms with Gasteiger partial charge < -0.3 is 15.3 Å². The van der Waals surface area contributed by atoms with E-state index in [9.17, 15) is 5.11 Å². The molecular weight excluding hydrogens is 328 g/mol. The fourth-order valence-corrected chi connectivity index (χ4v) is 2.74. The van der Waals surface area contributed by atoms with Crippen LogP contribution in [0.3, 0.4) is 0 Å². The van der Waals surface area contributed by atoms with Crippen LogP contribution in [0.1, 0.15) is 24.1 Å². The van der Waals surface area contributed by atoms with Gasteiger partial charge in [0.25, 0.3) is 0 Å². The van der Waals surface area contributed by atoms with Gasteiger partial charge in [-0.25, -0.2) is 0 Å². The number of phenolic OH excluding ortho intramolecular Hbond substituents is 1. The van der Waals surface area contributed by atoms with Gasteiger partial charge in [0.2, 0.25) is 0 Å². The molecule has 2 rings (SSSR count). The highest BCUT2D eigenvalue weighted by Crippen LogP contribution is 2.29. The lowest BCUT2D eigenvalue weighted by Gasteiger charge is -2.21. The number of hydrogen-bond donors (Lipinski definition) is 2. The minimum atomic E-state index is 0.134. The fourth-order valence-electron chi connectivity index (χ4n) is 2.29. The minimum absolute atomic E-state index is 0.134. The lowest BCUT2D eigenvalue weighted by Crippen LogP contribution is -2.17. The summed E-state index contributed by atoms with van der Waals surface area (Å²) in [6.45, 7) is 2.82. The third kappa shape index (κ3) is 3.99. The molecule has 2 N–H and O–H groups in total. The van der Waals surface area contributed by atoms with Crippen LogP contribution >= 0.6 is 15.9 Å². The SMILES string of the molecule is CNC(C)c1ccc(N(C)Cc2cccc(Br)c2)cc1O. The second-order valence-corrected chi connectivity index (χ2v) is 6.16. The van der Waals surface area contributed by atoms with E-state index in [1.165, 1.54) is 5.56 Å². The quantitative estimate of drug-likeness (QED) is 0.854. The zero-order valence-corrected chi connectivity index (χ0v) is 14.2. The van der Waals surface area contributed by atoms with E-state index in [1.54, 1.807) is 0 Å². The predicted molar refractivity (Wildman–Crippen MR) is 91.8 cm³/mol. The van der Waals surface area contributed by atoms with Gasteiger partial charge in [0.05, 0.1) is 0 Å². The summed E-state index contributed by atoms with van der Waals surface area (Å²) in [4.78, 5) is 2.12. The van der Waals surface area contributed by atoms with Crippen molar-refractivity contribution in [2.24, 2.45) is 0 Å². The minimum Gasteiger partial charge on any atom is -0.508 e. The molecule has 21 heavy (non-hydrogen) atoms. The zero-order valence-electron chi connectivity index (χ0n) is 12.6. The molecule has 112 valence electrons. The highest BCUT2D eigenvalue weighted by Gasteiger charge is 2.11. The lowest BCUT2D eigenvalue weighted by molar-refractivity contribution is 0.458. The van der Waals surface area contributed by atoms with Crippen molar-refractivity contribution in [3.8, 4) is 5.75 Å². The second-order valence-electron chi connectivity index (χ2n) is 5.24. The molecule has 1 unspecified atom stereocenters.